The van der Waals surface area contributed by atoms with Gasteiger partial charge in [-0.3, -0.25) is 0 Å². The van der Waals surface area contributed by atoms with E-state index in [2.05, 4.69) is 32.5 Å². The van der Waals surface area contributed by atoms with E-state index in [-0.39, 0.29) is 6.10 Å². The molecule has 0 spiro atoms. The van der Waals surface area contributed by atoms with Crippen LogP contribution in [0.25, 0.3) is 11.0 Å². The highest BCUT2D eigenvalue weighted by molar-refractivity contribution is 5.86. The lowest BCUT2D eigenvalue weighted by atomic mass is 10.2. The molecule has 2 aromatic heterocycles. The smallest absolute Gasteiger partial charge is 0.163 e. The summed E-state index contributed by atoms with van der Waals surface area (Å²) in [5.74, 6) is 0.824. The second kappa shape index (κ2) is 6.34. The fourth-order valence-electron chi connectivity index (χ4n) is 2.92. The van der Waals surface area contributed by atoms with Crippen LogP contribution in [-0.4, -0.2) is 39.0 Å². The Kier molecular flexibility index (Phi) is 3.90. The zero-order chi connectivity index (χ0) is 15.5. The van der Waals surface area contributed by atoms with Crippen LogP contribution in [0.1, 0.15) is 18.4 Å². The molecule has 0 saturated carbocycles. The number of nitrogens with zero attached hydrogens (tertiary/aromatic N) is 4. The topological polar surface area (TPSA) is 64.9 Å². The number of nitrogens with one attached hydrogen (secondary N) is 1. The van der Waals surface area contributed by atoms with E-state index in [1.807, 2.05) is 29.1 Å². The van der Waals surface area contributed by atoms with Gasteiger partial charge in [0.15, 0.2) is 5.65 Å². The van der Waals surface area contributed by atoms with Crippen LogP contribution in [0.2, 0.25) is 0 Å². The van der Waals surface area contributed by atoms with E-state index in [1.165, 1.54) is 5.56 Å². The molecule has 3 heterocycles. The highest BCUT2D eigenvalue weighted by atomic mass is 16.5. The fraction of sp³-hybridized carbons (Fsp3) is 0.353. The van der Waals surface area contributed by atoms with Gasteiger partial charge in [-0.25, -0.2) is 14.6 Å². The van der Waals surface area contributed by atoms with Crippen molar-refractivity contribution < 1.29 is 4.74 Å². The average Bonchev–Trinajstić information content (AvgIpc) is 3.24. The standard InChI is InChI=1S/C17H19N5O/c1-2-5-13(6-3-1)11-22-17-15(10-21-22)16(19-12-20-17)18-9-14-7-4-8-23-14/h1-3,5-6,10,12,14H,4,7-9,11H2,(H,18,19,20)/t14-/m1/s1. The van der Waals surface area contributed by atoms with Crippen LogP contribution in [0.5, 0.6) is 0 Å². The minimum absolute atomic E-state index is 0.277. The normalized spacial score (nSPS) is 17.7. The lowest BCUT2D eigenvalue weighted by molar-refractivity contribution is 0.120. The molecule has 1 aliphatic heterocycles. The number of rotatable bonds is 5. The molecule has 23 heavy (non-hydrogen) atoms. The number of benzene rings is 1. The van der Waals surface area contributed by atoms with Crippen molar-refractivity contribution in [3.63, 3.8) is 0 Å². The molecule has 118 valence electrons. The van der Waals surface area contributed by atoms with Crippen molar-refractivity contribution >= 4 is 16.9 Å². The monoisotopic (exact) mass is 309 g/mol. The molecule has 0 aliphatic carbocycles. The van der Waals surface area contributed by atoms with Crippen molar-refractivity contribution in [2.24, 2.45) is 0 Å². The van der Waals surface area contributed by atoms with Crippen LogP contribution in [-0.2, 0) is 11.3 Å². The molecule has 6 heteroatoms. The number of aromatic nitrogens is 4. The number of hydrogen-bond donors (Lipinski definition) is 1. The Hall–Kier alpha value is -2.47. The van der Waals surface area contributed by atoms with Crippen LogP contribution >= 0.6 is 0 Å². The molecule has 0 bridgehead atoms. The predicted octanol–water partition coefficient (Wildman–Crippen LogP) is 2.47. The van der Waals surface area contributed by atoms with E-state index in [0.29, 0.717) is 6.54 Å². The summed E-state index contributed by atoms with van der Waals surface area (Å²) < 4.78 is 7.55. The molecule has 0 amide bonds. The Morgan fingerprint density at radius 2 is 2.13 bits per heavy atom. The minimum atomic E-state index is 0.277. The lowest BCUT2D eigenvalue weighted by Crippen LogP contribution is -2.19. The molecule has 1 N–H and O–H groups in total. The van der Waals surface area contributed by atoms with Crippen LogP contribution in [0.4, 0.5) is 5.82 Å². The molecule has 1 aliphatic rings. The first-order chi connectivity index (χ1) is 11.4. The van der Waals surface area contributed by atoms with E-state index in [0.717, 1.165) is 42.8 Å². The van der Waals surface area contributed by atoms with Crippen LogP contribution < -0.4 is 5.32 Å². The zero-order valence-corrected chi connectivity index (χ0v) is 12.9. The molecular weight excluding hydrogens is 290 g/mol. The van der Waals surface area contributed by atoms with Crippen LogP contribution in [0, 0.1) is 0 Å². The third kappa shape index (κ3) is 3.03. The molecule has 3 aromatic rings. The quantitative estimate of drug-likeness (QED) is 0.784. The molecule has 1 fully saturated rings. The number of fused-ring (bicyclic) bond motifs is 1. The lowest BCUT2D eigenvalue weighted by Gasteiger charge is -2.11. The Morgan fingerprint density at radius 1 is 1.22 bits per heavy atom. The molecule has 1 atom stereocenters. The van der Waals surface area contributed by atoms with Gasteiger partial charge in [0.1, 0.15) is 12.1 Å². The van der Waals surface area contributed by atoms with Gasteiger partial charge in [0.05, 0.1) is 24.2 Å². The van der Waals surface area contributed by atoms with Crippen molar-refractivity contribution in [3.8, 4) is 0 Å². The highest BCUT2D eigenvalue weighted by Gasteiger charge is 2.16. The molecule has 6 nitrogen and oxygen atoms in total. The Morgan fingerprint density at radius 3 is 2.96 bits per heavy atom. The van der Waals surface area contributed by atoms with Crippen molar-refractivity contribution in [1.29, 1.82) is 0 Å². The van der Waals surface area contributed by atoms with Gasteiger partial charge in [-0.2, -0.15) is 5.10 Å². The molecule has 1 aromatic carbocycles. The van der Waals surface area contributed by atoms with Crippen molar-refractivity contribution in [2.45, 2.75) is 25.5 Å². The summed E-state index contributed by atoms with van der Waals surface area (Å²) in [5, 5.41) is 8.80. The molecule has 0 radical (unpaired) electrons. The first-order valence-electron chi connectivity index (χ1n) is 7.96. The van der Waals surface area contributed by atoms with E-state index in [1.54, 1.807) is 6.33 Å². The second-order valence-electron chi connectivity index (χ2n) is 5.76. The van der Waals surface area contributed by atoms with Gasteiger partial charge in [0.2, 0.25) is 0 Å². The Bertz CT molecular complexity index is 780. The predicted molar refractivity (Wildman–Crippen MR) is 88.3 cm³/mol. The third-order valence-corrected chi connectivity index (χ3v) is 4.13. The Balaban J connectivity index is 1.56. The van der Waals surface area contributed by atoms with Gasteiger partial charge in [-0.05, 0) is 18.4 Å². The van der Waals surface area contributed by atoms with Gasteiger partial charge < -0.3 is 10.1 Å². The number of ether oxygens (including phenoxy) is 1. The molecule has 4 rings (SSSR count). The van der Waals surface area contributed by atoms with Crippen LogP contribution in [0.15, 0.2) is 42.9 Å². The highest BCUT2D eigenvalue weighted by Crippen LogP contribution is 2.20. The minimum Gasteiger partial charge on any atom is -0.376 e. The maximum Gasteiger partial charge on any atom is 0.163 e. The molecule has 1 saturated heterocycles. The summed E-state index contributed by atoms with van der Waals surface area (Å²) in [5.41, 5.74) is 2.05. The molecule has 0 unspecified atom stereocenters. The second-order valence-corrected chi connectivity index (χ2v) is 5.76. The zero-order valence-electron chi connectivity index (χ0n) is 12.9. The summed E-state index contributed by atoms with van der Waals surface area (Å²) >= 11 is 0. The molecular formula is C17H19N5O. The summed E-state index contributed by atoms with van der Waals surface area (Å²) in [4.78, 5) is 8.75. The van der Waals surface area contributed by atoms with Gasteiger partial charge >= 0.3 is 0 Å². The summed E-state index contributed by atoms with van der Waals surface area (Å²) in [6, 6.07) is 10.3. The fourth-order valence-corrected chi connectivity index (χ4v) is 2.92. The average molecular weight is 309 g/mol. The van der Waals surface area contributed by atoms with E-state index in [4.69, 9.17) is 4.74 Å². The maximum atomic E-state index is 5.64. The van der Waals surface area contributed by atoms with Gasteiger partial charge in [-0.1, -0.05) is 30.3 Å². The van der Waals surface area contributed by atoms with E-state index in [9.17, 15) is 0 Å². The number of anilines is 1. The first-order valence-corrected chi connectivity index (χ1v) is 7.96. The van der Waals surface area contributed by atoms with E-state index < -0.39 is 0 Å². The third-order valence-electron chi connectivity index (χ3n) is 4.13. The van der Waals surface area contributed by atoms with Gasteiger partial charge in [0.25, 0.3) is 0 Å². The largest absolute Gasteiger partial charge is 0.376 e. The summed E-state index contributed by atoms with van der Waals surface area (Å²) in [6.07, 6.45) is 5.94. The first kappa shape index (κ1) is 14.1. The maximum absolute atomic E-state index is 5.64. The van der Waals surface area contributed by atoms with Crippen LogP contribution in [0.3, 0.4) is 0 Å². The van der Waals surface area contributed by atoms with Crippen molar-refractivity contribution in [1.82, 2.24) is 19.7 Å². The number of hydrogen-bond acceptors (Lipinski definition) is 5. The Labute approximate surface area is 134 Å². The van der Waals surface area contributed by atoms with Crippen molar-refractivity contribution in [2.75, 3.05) is 18.5 Å². The summed E-state index contributed by atoms with van der Waals surface area (Å²) in [7, 11) is 0. The SMILES string of the molecule is c1ccc(Cn2ncc3c(NC[C@H]4CCCO4)ncnc32)cc1. The van der Waals surface area contributed by atoms with Gasteiger partial charge in [-0.15, -0.1) is 0 Å². The van der Waals surface area contributed by atoms with E-state index >= 15 is 0 Å². The van der Waals surface area contributed by atoms with Crippen molar-refractivity contribution in [3.05, 3.63) is 48.4 Å². The van der Waals surface area contributed by atoms with Gasteiger partial charge in [0, 0.05) is 13.2 Å². The summed E-state index contributed by atoms with van der Waals surface area (Å²) in [6.45, 7) is 2.34.